The number of primary amides is 1. The van der Waals surface area contributed by atoms with Crippen molar-refractivity contribution >= 4 is 29.2 Å². The van der Waals surface area contributed by atoms with Crippen molar-refractivity contribution in [2.24, 2.45) is 5.73 Å². The van der Waals surface area contributed by atoms with Crippen molar-refractivity contribution in [2.75, 3.05) is 5.73 Å². The van der Waals surface area contributed by atoms with Crippen LogP contribution in [-0.4, -0.2) is 51.8 Å². The average Bonchev–Trinajstić information content (AvgIpc) is 3.80. The lowest BCUT2D eigenvalue weighted by Gasteiger charge is -2.12. The zero-order valence-corrected chi connectivity index (χ0v) is 23.8. The number of aldehydes is 1. The van der Waals surface area contributed by atoms with Crippen molar-refractivity contribution in [3.63, 3.8) is 0 Å². The smallest absolute Gasteiger partial charge is 0.251 e. The number of carbonyl (C=O) groups excluding carboxylic acids is 2. The Morgan fingerprint density at radius 1 is 1.00 bits per heavy atom. The molecule has 0 saturated carbocycles. The molecule has 226 valence electrons. The largest absolute Gasteiger partial charge is 0.504 e. The Morgan fingerprint density at radius 2 is 1.76 bits per heavy atom. The Labute approximate surface area is 254 Å². The molecule has 5 N–H and O–H groups in total. The van der Waals surface area contributed by atoms with Gasteiger partial charge < -0.3 is 16.6 Å². The number of fused-ring (bicyclic) bond motifs is 2. The fourth-order valence-corrected chi connectivity index (χ4v) is 5.25. The number of aromatic hydroxyl groups is 1. The van der Waals surface area contributed by atoms with Crippen molar-refractivity contribution in [1.82, 2.24) is 34.5 Å². The van der Waals surface area contributed by atoms with E-state index < -0.39 is 34.4 Å². The molecular formula is C31H25F2N9O3. The van der Waals surface area contributed by atoms with E-state index in [1.165, 1.54) is 22.3 Å². The lowest BCUT2D eigenvalue weighted by Crippen LogP contribution is -2.15. The summed E-state index contributed by atoms with van der Waals surface area (Å²) in [6.45, 7) is 2.02. The zero-order valence-electron chi connectivity index (χ0n) is 23.8. The highest BCUT2D eigenvalue weighted by atomic mass is 19.2. The maximum absolute atomic E-state index is 12.9. The average molecular weight is 610 g/mol. The van der Waals surface area contributed by atoms with Crippen LogP contribution in [0.25, 0.3) is 34.1 Å². The molecule has 4 aromatic heterocycles. The van der Waals surface area contributed by atoms with Crippen molar-refractivity contribution < 1.29 is 23.5 Å². The van der Waals surface area contributed by atoms with E-state index in [4.69, 9.17) is 26.5 Å². The van der Waals surface area contributed by atoms with Crippen LogP contribution in [0.4, 0.5) is 14.6 Å². The molecule has 0 saturated heterocycles. The van der Waals surface area contributed by atoms with Crippen molar-refractivity contribution in [3.8, 4) is 28.6 Å². The number of phenols is 1. The van der Waals surface area contributed by atoms with Gasteiger partial charge in [0.25, 0.3) is 5.91 Å². The highest BCUT2D eigenvalue weighted by Crippen LogP contribution is 2.34. The van der Waals surface area contributed by atoms with Crippen LogP contribution in [0.2, 0.25) is 0 Å². The SMILES string of the molecule is Cc1cc(-n2nccn2)nc2c1nc(-c1cccnc1N)n2-c1ccc2c(c1)CCC2.NC(=O)c1cc(C=O)c(O)c(F)c1F. The quantitative estimate of drug-likeness (QED) is 0.243. The maximum atomic E-state index is 12.9. The summed E-state index contributed by atoms with van der Waals surface area (Å²) < 4.78 is 27.8. The molecule has 0 atom stereocenters. The minimum atomic E-state index is -1.66. The van der Waals surface area contributed by atoms with E-state index in [1.54, 1.807) is 18.6 Å². The highest BCUT2D eigenvalue weighted by Gasteiger charge is 2.22. The van der Waals surface area contributed by atoms with Gasteiger partial charge in [-0.25, -0.2) is 19.3 Å². The highest BCUT2D eigenvalue weighted by molar-refractivity contribution is 5.95. The van der Waals surface area contributed by atoms with E-state index in [9.17, 15) is 18.4 Å². The van der Waals surface area contributed by atoms with Crippen LogP contribution in [0.15, 0.2) is 61.1 Å². The van der Waals surface area contributed by atoms with Gasteiger partial charge in [-0.05, 0) is 79.3 Å². The number of pyridine rings is 2. The molecule has 7 rings (SSSR count). The van der Waals surface area contributed by atoms with Gasteiger partial charge in [-0.15, -0.1) is 4.80 Å². The Bertz CT molecular complexity index is 2110. The van der Waals surface area contributed by atoms with E-state index in [0.717, 1.165) is 46.6 Å². The fraction of sp³-hybridized carbons (Fsp3) is 0.129. The first-order chi connectivity index (χ1) is 21.7. The molecule has 0 fully saturated rings. The number of benzene rings is 2. The number of carbonyl (C=O) groups is 2. The van der Waals surface area contributed by atoms with Crippen molar-refractivity contribution in [3.05, 3.63) is 101 Å². The minimum Gasteiger partial charge on any atom is -0.504 e. The standard InChI is InChI=1S/C23H20N8.C8H5F2NO3/c1-14-12-19(31-26-10-11-27-31)28-23-20(14)29-22(18-6-3-9-25-21(18)24)30(23)17-8-7-15-4-2-5-16(15)13-17;9-5-4(8(11)14)1-3(2-12)7(13)6(5)10/h3,6-13H,2,4-5H2,1H3,(H2,24,25);1-2,13H,(H2,11,14). The van der Waals surface area contributed by atoms with Crippen LogP contribution in [0.3, 0.4) is 0 Å². The molecule has 1 aliphatic carbocycles. The van der Waals surface area contributed by atoms with Gasteiger partial charge in [0.1, 0.15) is 11.3 Å². The normalized spacial score (nSPS) is 12.1. The summed E-state index contributed by atoms with van der Waals surface area (Å²) in [7, 11) is 0. The van der Waals surface area contributed by atoms with Gasteiger partial charge in [-0.2, -0.15) is 14.6 Å². The molecule has 14 heteroatoms. The first-order valence-corrected chi connectivity index (χ1v) is 13.7. The van der Waals surface area contributed by atoms with Gasteiger partial charge in [0.05, 0.1) is 29.1 Å². The number of hydrogen-bond acceptors (Lipinski definition) is 9. The summed E-state index contributed by atoms with van der Waals surface area (Å²) in [5, 5.41) is 17.4. The monoisotopic (exact) mass is 609 g/mol. The summed E-state index contributed by atoms with van der Waals surface area (Å²) >= 11 is 0. The van der Waals surface area contributed by atoms with Gasteiger partial charge in [-0.1, -0.05) is 6.07 Å². The van der Waals surface area contributed by atoms with Crippen LogP contribution in [-0.2, 0) is 12.8 Å². The van der Waals surface area contributed by atoms with Crippen molar-refractivity contribution in [1.29, 1.82) is 0 Å². The molecule has 0 aliphatic heterocycles. The van der Waals surface area contributed by atoms with Crippen LogP contribution >= 0.6 is 0 Å². The summed E-state index contributed by atoms with van der Waals surface area (Å²) in [5.74, 6) is -3.79. The second-order valence-corrected chi connectivity index (χ2v) is 10.3. The molecule has 1 amide bonds. The maximum Gasteiger partial charge on any atom is 0.251 e. The molecular weight excluding hydrogens is 584 g/mol. The lowest BCUT2D eigenvalue weighted by molar-refractivity contribution is 0.0995. The van der Waals surface area contributed by atoms with E-state index in [2.05, 4.69) is 37.9 Å². The van der Waals surface area contributed by atoms with Gasteiger partial charge in [0.15, 0.2) is 35.1 Å². The van der Waals surface area contributed by atoms with Crippen LogP contribution in [0.5, 0.6) is 5.75 Å². The van der Waals surface area contributed by atoms with Crippen LogP contribution in [0.1, 0.15) is 43.8 Å². The molecule has 45 heavy (non-hydrogen) atoms. The third kappa shape index (κ3) is 5.22. The number of imidazole rings is 1. The number of halogens is 2. The molecule has 4 heterocycles. The Hall–Kier alpha value is -6.05. The molecule has 2 aromatic carbocycles. The second kappa shape index (κ2) is 11.6. The summed E-state index contributed by atoms with van der Waals surface area (Å²) in [4.78, 5) is 36.5. The van der Waals surface area contributed by atoms with Crippen molar-refractivity contribution in [2.45, 2.75) is 26.2 Å². The summed E-state index contributed by atoms with van der Waals surface area (Å²) in [6.07, 6.45) is 8.47. The van der Waals surface area contributed by atoms with Gasteiger partial charge in [-0.3, -0.25) is 14.2 Å². The van der Waals surface area contributed by atoms with E-state index in [0.29, 0.717) is 17.7 Å². The number of amides is 1. The number of nitrogens with zero attached hydrogens (tertiary/aromatic N) is 7. The predicted molar refractivity (Wildman–Crippen MR) is 160 cm³/mol. The Kier molecular flexibility index (Phi) is 7.46. The molecule has 0 spiro atoms. The third-order valence-electron chi connectivity index (χ3n) is 7.44. The van der Waals surface area contributed by atoms with E-state index in [1.807, 2.05) is 25.1 Å². The molecule has 6 aromatic rings. The van der Waals surface area contributed by atoms with Crippen LogP contribution < -0.4 is 11.5 Å². The molecule has 0 unspecified atom stereocenters. The van der Waals surface area contributed by atoms with Gasteiger partial charge in [0, 0.05) is 11.9 Å². The third-order valence-corrected chi connectivity index (χ3v) is 7.44. The first kappa shape index (κ1) is 29.0. The zero-order chi connectivity index (χ0) is 31.8. The molecule has 0 bridgehead atoms. The number of phenolic OH excluding ortho intramolecular Hbond substituents is 1. The summed E-state index contributed by atoms with van der Waals surface area (Å²) in [6, 6.07) is 13.0. The molecule has 12 nitrogen and oxygen atoms in total. The van der Waals surface area contributed by atoms with Crippen LogP contribution in [0, 0.1) is 18.6 Å². The minimum absolute atomic E-state index is 0.0876. The number of aryl methyl sites for hydroxylation is 3. The predicted octanol–water partition coefficient (Wildman–Crippen LogP) is 4.02. The summed E-state index contributed by atoms with van der Waals surface area (Å²) in [5.41, 5.74) is 16.8. The number of nitrogens with two attached hydrogens (primary N) is 2. The number of hydrogen-bond donors (Lipinski definition) is 3. The number of aromatic nitrogens is 7. The number of rotatable bonds is 5. The number of anilines is 1. The molecule has 0 radical (unpaired) electrons. The topological polar surface area (TPSA) is 181 Å². The lowest BCUT2D eigenvalue weighted by atomic mass is 10.1. The first-order valence-electron chi connectivity index (χ1n) is 13.7. The fourth-order valence-electron chi connectivity index (χ4n) is 5.25. The number of nitrogen functional groups attached to an aromatic ring is 1. The molecule has 1 aliphatic rings. The Morgan fingerprint density at radius 3 is 2.47 bits per heavy atom. The van der Waals surface area contributed by atoms with Gasteiger partial charge >= 0.3 is 0 Å². The second-order valence-electron chi connectivity index (χ2n) is 10.3. The van der Waals surface area contributed by atoms with E-state index in [-0.39, 0.29) is 6.29 Å². The van der Waals surface area contributed by atoms with Gasteiger partial charge in [0.2, 0.25) is 5.82 Å². The van der Waals surface area contributed by atoms with E-state index >= 15 is 0 Å². The Balaban J connectivity index is 0.000000216.